The molecular formula is C36H65N2O13P. The third kappa shape index (κ3) is 33.0. The lowest BCUT2D eigenvalue weighted by molar-refractivity contribution is -0.160. The predicted molar refractivity (Wildman–Crippen MR) is 194 cm³/mol. The van der Waals surface area contributed by atoms with Crippen LogP contribution in [0.1, 0.15) is 150 Å². The van der Waals surface area contributed by atoms with E-state index in [1.807, 2.05) is 0 Å². The number of unbranched alkanes of at least 4 members (excludes halogenated alkanes) is 12. The van der Waals surface area contributed by atoms with Crippen LogP contribution in [-0.2, 0) is 51.8 Å². The Hall–Kier alpha value is -2.87. The number of amides is 2. The number of carbonyl (C=O) groups is 6. The molecule has 2 unspecified atom stereocenters. The molecular weight excluding hydrogens is 699 g/mol. The summed E-state index contributed by atoms with van der Waals surface area (Å²) >= 11 is 0. The van der Waals surface area contributed by atoms with E-state index in [-0.39, 0.29) is 70.0 Å². The van der Waals surface area contributed by atoms with Gasteiger partial charge in [0.2, 0.25) is 5.91 Å². The van der Waals surface area contributed by atoms with Crippen molar-refractivity contribution in [2.45, 2.75) is 162 Å². The molecule has 302 valence electrons. The number of hydrogen-bond donors (Lipinski definition) is 3. The second-order valence-corrected chi connectivity index (χ2v) is 15.3. The lowest BCUT2D eigenvalue weighted by Crippen LogP contribution is -2.36. The van der Waals surface area contributed by atoms with Crippen molar-refractivity contribution in [3.05, 3.63) is 0 Å². The smallest absolute Gasteiger partial charge is 0.462 e. The molecule has 16 heteroatoms. The number of esters is 2. The zero-order valence-corrected chi connectivity index (χ0v) is 33.0. The number of Topliss-reactive ketones (excluding diaryl/α,β-unsaturated/α-hetero) is 2. The quantitative estimate of drug-likeness (QED) is 0.0293. The molecule has 3 N–H and O–H groups in total. The number of phosphoric acid groups is 1. The summed E-state index contributed by atoms with van der Waals surface area (Å²) in [6.45, 7) is 6.60. The van der Waals surface area contributed by atoms with E-state index >= 15 is 0 Å². The normalized spacial score (nSPS) is 13.0. The van der Waals surface area contributed by atoms with Crippen molar-refractivity contribution in [3.8, 4) is 0 Å². The molecule has 0 aliphatic carbocycles. The molecule has 0 rings (SSSR count). The molecule has 2 atom stereocenters. The van der Waals surface area contributed by atoms with Gasteiger partial charge in [-0.25, -0.2) is 9.36 Å². The third-order valence-corrected chi connectivity index (χ3v) is 8.46. The van der Waals surface area contributed by atoms with Gasteiger partial charge in [0.25, 0.3) is 0 Å². The van der Waals surface area contributed by atoms with Crippen molar-refractivity contribution in [3.63, 3.8) is 0 Å². The largest absolute Gasteiger partial charge is 0.472 e. The minimum atomic E-state index is -4.60. The van der Waals surface area contributed by atoms with E-state index in [4.69, 9.17) is 23.3 Å². The first-order valence-corrected chi connectivity index (χ1v) is 20.2. The molecule has 0 aliphatic heterocycles. The first-order chi connectivity index (χ1) is 24.5. The maximum absolute atomic E-state index is 12.4. The van der Waals surface area contributed by atoms with Crippen LogP contribution < -0.4 is 10.6 Å². The average Bonchev–Trinajstić information content (AvgIpc) is 3.06. The highest BCUT2D eigenvalue weighted by atomic mass is 31.2. The molecule has 0 radical (unpaired) electrons. The number of ketones is 2. The van der Waals surface area contributed by atoms with Crippen LogP contribution in [0.5, 0.6) is 0 Å². The molecule has 0 fully saturated rings. The summed E-state index contributed by atoms with van der Waals surface area (Å²) in [7, 11) is -4.60. The van der Waals surface area contributed by atoms with Crippen LogP contribution in [0.3, 0.4) is 0 Å². The highest BCUT2D eigenvalue weighted by Crippen LogP contribution is 2.43. The average molecular weight is 765 g/mol. The van der Waals surface area contributed by atoms with Gasteiger partial charge in [-0.15, -0.1) is 0 Å². The minimum absolute atomic E-state index is 0.0441. The molecule has 0 spiro atoms. The summed E-state index contributed by atoms with van der Waals surface area (Å²) in [6.07, 6.45) is 13.1. The number of nitrogens with one attached hydrogen (secondary N) is 2. The second kappa shape index (κ2) is 29.6. The van der Waals surface area contributed by atoms with Gasteiger partial charge in [-0.3, -0.25) is 33.0 Å². The third-order valence-electron chi connectivity index (χ3n) is 7.48. The lowest BCUT2D eigenvalue weighted by Gasteiger charge is -2.19. The Bertz CT molecular complexity index is 1110. The zero-order valence-electron chi connectivity index (χ0n) is 32.1. The first kappa shape index (κ1) is 49.1. The number of carbonyl (C=O) groups excluding carboxylic acids is 6. The predicted octanol–water partition coefficient (Wildman–Crippen LogP) is 6.42. The zero-order chi connectivity index (χ0) is 39.3. The Morgan fingerprint density at radius 2 is 1.21 bits per heavy atom. The van der Waals surface area contributed by atoms with Crippen molar-refractivity contribution in [2.24, 2.45) is 0 Å². The summed E-state index contributed by atoms with van der Waals surface area (Å²) in [4.78, 5) is 81.3. The van der Waals surface area contributed by atoms with Crippen LogP contribution in [-0.4, -0.2) is 85.0 Å². The van der Waals surface area contributed by atoms with Gasteiger partial charge in [-0.2, -0.15) is 0 Å². The van der Waals surface area contributed by atoms with E-state index in [1.54, 1.807) is 20.8 Å². The summed E-state index contributed by atoms with van der Waals surface area (Å²) < 4.78 is 37.5. The van der Waals surface area contributed by atoms with Crippen LogP contribution in [0.2, 0.25) is 0 Å². The van der Waals surface area contributed by atoms with E-state index in [0.29, 0.717) is 6.42 Å². The summed E-state index contributed by atoms with van der Waals surface area (Å²) in [6, 6.07) is 0. The van der Waals surface area contributed by atoms with Crippen LogP contribution in [0.25, 0.3) is 0 Å². The van der Waals surface area contributed by atoms with Gasteiger partial charge in [-0.1, -0.05) is 84.0 Å². The highest BCUT2D eigenvalue weighted by molar-refractivity contribution is 7.47. The van der Waals surface area contributed by atoms with E-state index in [2.05, 4.69) is 17.6 Å². The fraction of sp³-hybridized carbons (Fsp3) is 0.833. The topological polar surface area (TPSA) is 210 Å². The van der Waals surface area contributed by atoms with Crippen molar-refractivity contribution >= 4 is 43.3 Å². The Balaban J connectivity index is 4.23. The highest BCUT2D eigenvalue weighted by Gasteiger charge is 2.26. The van der Waals surface area contributed by atoms with Gasteiger partial charge in [0.15, 0.2) is 17.7 Å². The van der Waals surface area contributed by atoms with Gasteiger partial charge in [0.05, 0.1) is 26.3 Å². The minimum Gasteiger partial charge on any atom is -0.462 e. The number of phosphoric ester groups is 1. The Labute approximate surface area is 309 Å². The Morgan fingerprint density at radius 3 is 1.77 bits per heavy atom. The van der Waals surface area contributed by atoms with Gasteiger partial charge >= 0.3 is 25.9 Å². The maximum atomic E-state index is 12.4. The van der Waals surface area contributed by atoms with Gasteiger partial charge in [-0.05, 0) is 33.6 Å². The number of alkyl carbamates (subject to hydrolysis) is 1. The number of rotatable bonds is 32. The van der Waals surface area contributed by atoms with Gasteiger partial charge in [0.1, 0.15) is 12.2 Å². The summed E-state index contributed by atoms with van der Waals surface area (Å²) in [5.74, 6) is -2.45. The molecule has 0 aromatic carbocycles. The van der Waals surface area contributed by atoms with Crippen LogP contribution >= 0.6 is 7.82 Å². The van der Waals surface area contributed by atoms with Crippen molar-refractivity contribution < 1.29 is 61.5 Å². The van der Waals surface area contributed by atoms with E-state index in [0.717, 1.165) is 19.3 Å². The lowest BCUT2D eigenvalue weighted by atomic mass is 10.0. The number of hydrogen-bond acceptors (Lipinski definition) is 12. The molecule has 2 amide bonds. The molecule has 0 bridgehead atoms. The molecule has 52 heavy (non-hydrogen) atoms. The molecule has 0 aromatic rings. The Kier molecular flexibility index (Phi) is 27.9. The van der Waals surface area contributed by atoms with Crippen molar-refractivity contribution in [2.75, 3.05) is 32.9 Å². The molecule has 0 heterocycles. The molecule has 15 nitrogen and oxygen atoms in total. The van der Waals surface area contributed by atoms with Crippen LogP contribution in [0.15, 0.2) is 0 Å². The standard InChI is InChI=1S/C36H65N2O13P/c1-6-7-8-9-10-11-12-13-14-15-16-17-18-21-34(43)50-32(27-47-29(2)39)28-49-52(45,46)48-24-19-20-30(40)25-37-33(42)23-22-31(41)26-38-35(44)51-36(3,4)5/h32H,6-28H2,1-5H3,(H,37,42)(H,38,44)(H,45,46). The van der Waals surface area contributed by atoms with E-state index in [1.165, 1.54) is 64.7 Å². The van der Waals surface area contributed by atoms with Crippen molar-refractivity contribution in [1.82, 2.24) is 10.6 Å². The van der Waals surface area contributed by atoms with Crippen molar-refractivity contribution in [1.29, 1.82) is 0 Å². The Morgan fingerprint density at radius 1 is 0.673 bits per heavy atom. The van der Waals surface area contributed by atoms with Gasteiger partial charge in [0, 0.05) is 32.6 Å². The summed E-state index contributed by atoms with van der Waals surface area (Å²) in [5.41, 5.74) is -0.711. The van der Waals surface area contributed by atoms with Crippen LogP contribution in [0, 0.1) is 0 Å². The second-order valence-electron chi connectivity index (χ2n) is 13.8. The first-order valence-electron chi connectivity index (χ1n) is 18.7. The number of ether oxygens (including phenoxy) is 3. The molecule has 0 saturated heterocycles. The monoisotopic (exact) mass is 764 g/mol. The van der Waals surface area contributed by atoms with Gasteiger partial charge < -0.3 is 29.7 Å². The fourth-order valence-corrected chi connectivity index (χ4v) is 5.51. The maximum Gasteiger partial charge on any atom is 0.472 e. The van der Waals surface area contributed by atoms with E-state index < -0.39 is 50.1 Å². The summed E-state index contributed by atoms with van der Waals surface area (Å²) in [5, 5.41) is 4.71. The molecule has 0 saturated carbocycles. The fourth-order valence-electron chi connectivity index (χ4n) is 4.72. The van der Waals surface area contributed by atoms with E-state index in [9.17, 15) is 38.2 Å². The SMILES string of the molecule is CCCCCCCCCCCCCCCC(=O)OC(COC(C)=O)COP(=O)(O)OCCCC(=O)CNC(=O)CCC(=O)CNC(=O)OC(C)(C)C. The molecule has 0 aliphatic rings. The van der Waals surface area contributed by atoms with Crippen LogP contribution in [0.4, 0.5) is 4.79 Å². The molecule has 0 aromatic heterocycles.